The molecule has 0 saturated carbocycles. The van der Waals surface area contributed by atoms with Gasteiger partial charge in [0.2, 0.25) is 0 Å². The molecular weight excluding hydrogens is 264 g/mol. The average Bonchev–Trinajstić information content (AvgIpc) is 3.01. The summed E-state index contributed by atoms with van der Waals surface area (Å²) in [6.07, 6.45) is 4.68. The fraction of sp³-hybridized carbons (Fsp3) is 0.375. The lowest BCUT2D eigenvalue weighted by molar-refractivity contribution is 0.0618. The van der Waals surface area contributed by atoms with Gasteiger partial charge in [0.25, 0.3) is 5.91 Å². The number of nitrogens with zero attached hydrogens (tertiary/aromatic N) is 3. The second-order valence-electron chi connectivity index (χ2n) is 5.23. The van der Waals surface area contributed by atoms with Crippen LogP contribution in [0.25, 0.3) is 0 Å². The van der Waals surface area contributed by atoms with Crippen molar-refractivity contribution < 1.29 is 4.79 Å². The maximum atomic E-state index is 12.8. The lowest BCUT2D eigenvalue weighted by Crippen LogP contribution is -2.41. The molecule has 0 radical (unpaired) electrons. The lowest BCUT2D eigenvalue weighted by Gasteiger charge is -2.36. The summed E-state index contributed by atoms with van der Waals surface area (Å²) in [5, 5.41) is 2.98. The second-order valence-corrected chi connectivity index (χ2v) is 5.23. The van der Waals surface area contributed by atoms with E-state index in [-0.39, 0.29) is 11.9 Å². The summed E-state index contributed by atoms with van der Waals surface area (Å²) < 4.78 is 2.24. The number of fused-ring (bicyclic) bond motifs is 1. The molecule has 0 spiro atoms. The Kier molecular flexibility index (Phi) is 3.64. The van der Waals surface area contributed by atoms with Crippen molar-refractivity contribution in [2.45, 2.75) is 25.9 Å². The minimum Gasteiger partial charge on any atom is -0.373 e. The topological polar surface area (TPSA) is 50.2 Å². The van der Waals surface area contributed by atoms with Crippen LogP contribution in [0.5, 0.6) is 0 Å². The van der Waals surface area contributed by atoms with Crippen LogP contribution in [-0.2, 0) is 6.54 Å². The fourth-order valence-corrected chi connectivity index (χ4v) is 3.00. The molecule has 0 fully saturated rings. The number of hydrogen-bond acceptors (Lipinski definition) is 3. The van der Waals surface area contributed by atoms with Gasteiger partial charge in [0, 0.05) is 43.8 Å². The van der Waals surface area contributed by atoms with E-state index < -0.39 is 0 Å². The standard InChI is InChI=1S/C16H20N4O/c1-3-13-14-5-4-8-19(14)9-10-20(13)16(21)12-6-7-18-15(11-12)17-2/h4-8,11,13H,3,9-10H2,1-2H3,(H,17,18)/t13-/m1/s1. The summed E-state index contributed by atoms with van der Waals surface area (Å²) in [5.41, 5.74) is 1.91. The number of rotatable bonds is 3. The minimum atomic E-state index is 0.0770. The molecular formula is C16H20N4O. The summed E-state index contributed by atoms with van der Waals surface area (Å²) in [6, 6.07) is 7.90. The van der Waals surface area contributed by atoms with Gasteiger partial charge in [0.1, 0.15) is 5.82 Å². The Bertz CT molecular complexity index is 649. The molecule has 110 valence electrons. The molecule has 3 heterocycles. The van der Waals surface area contributed by atoms with Gasteiger partial charge in [-0.1, -0.05) is 6.92 Å². The Morgan fingerprint density at radius 3 is 3.05 bits per heavy atom. The molecule has 2 aromatic rings. The predicted molar refractivity (Wildman–Crippen MR) is 82.3 cm³/mol. The lowest BCUT2D eigenvalue weighted by atomic mass is 10.1. The van der Waals surface area contributed by atoms with Crippen LogP contribution < -0.4 is 5.32 Å². The Morgan fingerprint density at radius 1 is 1.43 bits per heavy atom. The van der Waals surface area contributed by atoms with Gasteiger partial charge in [-0.3, -0.25) is 4.79 Å². The fourth-order valence-electron chi connectivity index (χ4n) is 3.00. The van der Waals surface area contributed by atoms with Crippen LogP contribution >= 0.6 is 0 Å². The van der Waals surface area contributed by atoms with Crippen molar-refractivity contribution >= 4 is 11.7 Å². The van der Waals surface area contributed by atoms with Gasteiger partial charge in [-0.25, -0.2) is 4.98 Å². The molecule has 1 aliphatic heterocycles. The van der Waals surface area contributed by atoms with Gasteiger partial charge in [-0.05, 0) is 30.7 Å². The summed E-state index contributed by atoms with van der Waals surface area (Å²) in [7, 11) is 1.80. The first kappa shape index (κ1) is 13.7. The van der Waals surface area contributed by atoms with E-state index in [0.717, 1.165) is 19.5 Å². The molecule has 21 heavy (non-hydrogen) atoms. The normalized spacial score (nSPS) is 17.4. The van der Waals surface area contributed by atoms with Crippen LogP contribution in [-0.4, -0.2) is 34.0 Å². The number of amides is 1. The van der Waals surface area contributed by atoms with E-state index >= 15 is 0 Å². The third kappa shape index (κ3) is 2.39. The third-order valence-electron chi connectivity index (χ3n) is 4.07. The molecule has 5 heteroatoms. The predicted octanol–water partition coefficient (Wildman–Crippen LogP) is 2.53. The molecule has 1 N–H and O–H groups in total. The van der Waals surface area contributed by atoms with Crippen LogP contribution in [0, 0.1) is 0 Å². The highest BCUT2D eigenvalue weighted by Gasteiger charge is 2.30. The first-order valence-electron chi connectivity index (χ1n) is 7.34. The van der Waals surface area contributed by atoms with Gasteiger partial charge >= 0.3 is 0 Å². The van der Waals surface area contributed by atoms with Gasteiger partial charge in [0.05, 0.1) is 6.04 Å². The third-order valence-corrected chi connectivity index (χ3v) is 4.07. The van der Waals surface area contributed by atoms with Gasteiger partial charge in [-0.2, -0.15) is 0 Å². The maximum Gasteiger partial charge on any atom is 0.254 e. The van der Waals surface area contributed by atoms with Crippen molar-refractivity contribution in [2.24, 2.45) is 0 Å². The highest BCUT2D eigenvalue weighted by molar-refractivity contribution is 5.95. The number of carbonyl (C=O) groups is 1. The zero-order chi connectivity index (χ0) is 14.8. The Hall–Kier alpha value is -2.30. The molecule has 0 bridgehead atoms. The van der Waals surface area contributed by atoms with Crippen molar-refractivity contribution in [1.29, 1.82) is 0 Å². The van der Waals surface area contributed by atoms with E-state index in [0.29, 0.717) is 11.4 Å². The highest BCUT2D eigenvalue weighted by Crippen LogP contribution is 2.30. The van der Waals surface area contributed by atoms with Crippen LogP contribution in [0.3, 0.4) is 0 Å². The van der Waals surface area contributed by atoms with Crippen molar-refractivity contribution in [3.05, 3.63) is 47.9 Å². The molecule has 1 aliphatic rings. The van der Waals surface area contributed by atoms with E-state index in [9.17, 15) is 4.79 Å². The molecule has 0 aliphatic carbocycles. The number of hydrogen-bond donors (Lipinski definition) is 1. The largest absolute Gasteiger partial charge is 0.373 e. The van der Waals surface area contributed by atoms with Crippen LogP contribution in [0.4, 0.5) is 5.82 Å². The smallest absolute Gasteiger partial charge is 0.254 e. The highest BCUT2D eigenvalue weighted by atomic mass is 16.2. The van der Waals surface area contributed by atoms with E-state index in [2.05, 4.69) is 40.1 Å². The monoisotopic (exact) mass is 284 g/mol. The minimum absolute atomic E-state index is 0.0770. The maximum absolute atomic E-state index is 12.8. The molecule has 0 aromatic carbocycles. The zero-order valence-corrected chi connectivity index (χ0v) is 12.4. The summed E-state index contributed by atoms with van der Waals surface area (Å²) in [5.74, 6) is 0.794. The first-order valence-corrected chi connectivity index (χ1v) is 7.34. The number of anilines is 1. The molecule has 0 saturated heterocycles. The molecule has 3 rings (SSSR count). The summed E-state index contributed by atoms with van der Waals surface area (Å²) in [4.78, 5) is 19.0. The summed E-state index contributed by atoms with van der Waals surface area (Å²) in [6.45, 7) is 3.73. The van der Waals surface area contributed by atoms with Gasteiger partial charge < -0.3 is 14.8 Å². The Labute approximate surface area is 124 Å². The zero-order valence-electron chi connectivity index (χ0n) is 12.4. The van der Waals surface area contributed by atoms with E-state index in [1.807, 2.05) is 11.0 Å². The van der Waals surface area contributed by atoms with Crippen LogP contribution in [0.15, 0.2) is 36.7 Å². The molecule has 1 amide bonds. The SMILES string of the molecule is CC[C@@H]1c2cccn2CCN1C(=O)c1ccnc(NC)c1. The average molecular weight is 284 g/mol. The Balaban J connectivity index is 1.90. The number of pyridine rings is 1. The van der Waals surface area contributed by atoms with Gasteiger partial charge in [-0.15, -0.1) is 0 Å². The van der Waals surface area contributed by atoms with Gasteiger partial charge in [0.15, 0.2) is 0 Å². The summed E-state index contributed by atoms with van der Waals surface area (Å²) >= 11 is 0. The van der Waals surface area contributed by atoms with E-state index in [4.69, 9.17) is 0 Å². The van der Waals surface area contributed by atoms with E-state index in [1.54, 1.807) is 19.3 Å². The first-order chi connectivity index (χ1) is 10.2. The van der Waals surface area contributed by atoms with Crippen LogP contribution in [0.1, 0.15) is 35.4 Å². The number of aromatic nitrogens is 2. The van der Waals surface area contributed by atoms with Crippen molar-refractivity contribution in [2.75, 3.05) is 18.9 Å². The van der Waals surface area contributed by atoms with Crippen molar-refractivity contribution in [1.82, 2.24) is 14.5 Å². The van der Waals surface area contributed by atoms with Crippen molar-refractivity contribution in [3.8, 4) is 0 Å². The van der Waals surface area contributed by atoms with Crippen molar-refractivity contribution in [3.63, 3.8) is 0 Å². The molecule has 0 unspecified atom stereocenters. The second kappa shape index (κ2) is 5.60. The number of carbonyl (C=O) groups excluding carboxylic acids is 1. The van der Waals surface area contributed by atoms with E-state index in [1.165, 1.54) is 5.69 Å². The quantitative estimate of drug-likeness (QED) is 0.942. The molecule has 5 nitrogen and oxygen atoms in total. The van der Waals surface area contributed by atoms with Crippen LogP contribution in [0.2, 0.25) is 0 Å². The molecule has 1 atom stereocenters. The number of nitrogens with one attached hydrogen (secondary N) is 1. The Morgan fingerprint density at radius 2 is 2.29 bits per heavy atom. The molecule has 2 aromatic heterocycles.